The number of hydrogen-bond acceptors (Lipinski definition) is 8. The van der Waals surface area contributed by atoms with Crippen molar-refractivity contribution in [2.45, 2.75) is 26.8 Å². The van der Waals surface area contributed by atoms with Crippen molar-refractivity contribution in [3.8, 4) is 23.0 Å². The Bertz CT molecular complexity index is 960. The third-order valence-corrected chi connectivity index (χ3v) is 4.60. The van der Waals surface area contributed by atoms with E-state index in [0.717, 1.165) is 4.42 Å². The van der Waals surface area contributed by atoms with Crippen molar-refractivity contribution >= 4 is 34.8 Å². The molecule has 32 heavy (non-hydrogen) atoms. The highest BCUT2D eigenvalue weighted by atomic mass is 35.5. The molecule has 172 valence electrons. The number of carbonyl (C=O) groups is 2. The maximum absolute atomic E-state index is 13.0. The molecule has 2 rings (SSSR count). The van der Waals surface area contributed by atoms with E-state index in [1.165, 1.54) is 21.1 Å². The van der Waals surface area contributed by atoms with E-state index in [0.29, 0.717) is 41.9 Å². The van der Waals surface area contributed by atoms with Crippen molar-refractivity contribution in [3.63, 3.8) is 0 Å². The second kappa shape index (κ2) is 11.9. The van der Waals surface area contributed by atoms with Gasteiger partial charge in [0.25, 0.3) is 5.91 Å². The predicted molar refractivity (Wildman–Crippen MR) is 121 cm³/mol. The zero-order valence-corrected chi connectivity index (χ0v) is 19.4. The molecule has 0 spiro atoms. The smallest absolute Gasteiger partial charge is 0.276 e. The lowest BCUT2D eigenvalue weighted by molar-refractivity contribution is -0.126. The monoisotopic (exact) mass is 463 g/mol. The van der Waals surface area contributed by atoms with Crippen molar-refractivity contribution in [1.82, 2.24) is 0 Å². The van der Waals surface area contributed by atoms with Gasteiger partial charge >= 0.3 is 0 Å². The standard InChI is InChI=1S/C22H26ClN3O6/c1-6-31-16-12-11-15(13-19(16)32-7-2)26(23)22(28)20(14(3)27)24-25-21-17(29-4)9-8-10-18(21)30-5/h8-13,20H,6-7H2,1-5H3. The molecule has 9 nitrogen and oxygen atoms in total. The molecular weight excluding hydrogens is 438 g/mol. The second-order valence-electron chi connectivity index (χ2n) is 6.36. The number of azo groups is 1. The first-order chi connectivity index (χ1) is 15.4. The maximum atomic E-state index is 13.0. The summed E-state index contributed by atoms with van der Waals surface area (Å²) in [6, 6.07) is 8.33. The Morgan fingerprint density at radius 3 is 2.09 bits per heavy atom. The van der Waals surface area contributed by atoms with Gasteiger partial charge in [-0.15, -0.1) is 5.11 Å². The lowest BCUT2D eigenvalue weighted by Gasteiger charge is -2.19. The second-order valence-corrected chi connectivity index (χ2v) is 6.69. The van der Waals surface area contributed by atoms with Crippen LogP contribution >= 0.6 is 11.8 Å². The molecule has 0 fully saturated rings. The third kappa shape index (κ3) is 5.88. The van der Waals surface area contributed by atoms with Gasteiger partial charge in [-0.25, -0.2) is 4.42 Å². The molecule has 0 bridgehead atoms. The van der Waals surface area contributed by atoms with Gasteiger partial charge in [-0.1, -0.05) is 6.07 Å². The van der Waals surface area contributed by atoms with Crippen molar-refractivity contribution < 1.29 is 28.5 Å². The van der Waals surface area contributed by atoms with Crippen LogP contribution in [-0.4, -0.2) is 45.2 Å². The van der Waals surface area contributed by atoms with Crippen LogP contribution in [0.5, 0.6) is 23.0 Å². The topological polar surface area (TPSA) is 99.0 Å². The number of halogens is 1. The van der Waals surface area contributed by atoms with Gasteiger partial charge in [-0.2, -0.15) is 5.11 Å². The van der Waals surface area contributed by atoms with Crippen LogP contribution in [0.15, 0.2) is 46.6 Å². The molecule has 0 saturated heterocycles. The zero-order valence-electron chi connectivity index (χ0n) is 18.6. The molecule has 0 saturated carbocycles. The van der Waals surface area contributed by atoms with E-state index in [2.05, 4.69) is 10.2 Å². The lowest BCUT2D eigenvalue weighted by Crippen LogP contribution is -2.36. The number of hydrogen-bond donors (Lipinski definition) is 0. The summed E-state index contributed by atoms with van der Waals surface area (Å²) < 4.78 is 22.4. The van der Waals surface area contributed by atoms with Gasteiger partial charge in [0.15, 0.2) is 23.0 Å². The van der Waals surface area contributed by atoms with Gasteiger partial charge in [0, 0.05) is 17.8 Å². The fraction of sp³-hybridized carbons (Fsp3) is 0.364. The molecule has 2 aromatic carbocycles. The summed E-state index contributed by atoms with van der Waals surface area (Å²) in [5, 5.41) is 8.00. The van der Waals surface area contributed by atoms with Crippen LogP contribution < -0.4 is 23.4 Å². The van der Waals surface area contributed by atoms with Crippen LogP contribution in [0.25, 0.3) is 0 Å². The molecule has 10 heteroatoms. The average molecular weight is 464 g/mol. The minimum absolute atomic E-state index is 0.248. The predicted octanol–water partition coefficient (Wildman–Crippen LogP) is 4.73. The Morgan fingerprint density at radius 1 is 0.969 bits per heavy atom. The van der Waals surface area contributed by atoms with Gasteiger partial charge in [0.05, 0.1) is 33.1 Å². The summed E-state index contributed by atoms with van der Waals surface area (Å²) in [5.74, 6) is 0.376. The first kappa shape index (κ1) is 24.9. The van der Waals surface area contributed by atoms with E-state index in [9.17, 15) is 9.59 Å². The van der Waals surface area contributed by atoms with E-state index in [1.807, 2.05) is 13.8 Å². The number of benzene rings is 2. The Hall–Kier alpha value is -3.33. The van der Waals surface area contributed by atoms with Crippen molar-refractivity contribution in [3.05, 3.63) is 36.4 Å². The summed E-state index contributed by atoms with van der Waals surface area (Å²) in [6.07, 6.45) is 0. The van der Waals surface area contributed by atoms with E-state index in [4.69, 9.17) is 30.7 Å². The van der Waals surface area contributed by atoms with Gasteiger partial charge in [-0.05, 0) is 45.0 Å². The van der Waals surface area contributed by atoms with Gasteiger partial charge in [0.1, 0.15) is 11.5 Å². The normalized spacial score (nSPS) is 11.7. The first-order valence-corrected chi connectivity index (χ1v) is 10.2. The van der Waals surface area contributed by atoms with Crippen LogP contribution in [0.1, 0.15) is 20.8 Å². The number of methoxy groups -OCH3 is 2. The number of rotatable bonds is 11. The number of nitrogens with zero attached hydrogens (tertiary/aromatic N) is 3. The Morgan fingerprint density at radius 2 is 1.56 bits per heavy atom. The van der Waals surface area contributed by atoms with Crippen molar-refractivity contribution in [2.24, 2.45) is 10.2 Å². The summed E-state index contributed by atoms with van der Waals surface area (Å²) in [7, 11) is 2.92. The first-order valence-electron chi connectivity index (χ1n) is 9.89. The summed E-state index contributed by atoms with van der Waals surface area (Å²) >= 11 is 6.28. The highest BCUT2D eigenvalue weighted by Crippen LogP contribution is 2.38. The summed E-state index contributed by atoms with van der Waals surface area (Å²) in [5.41, 5.74) is 0.539. The fourth-order valence-electron chi connectivity index (χ4n) is 2.75. The largest absolute Gasteiger partial charge is 0.494 e. The van der Waals surface area contributed by atoms with E-state index in [-0.39, 0.29) is 5.69 Å². The van der Waals surface area contributed by atoms with Gasteiger partial charge in [-0.3, -0.25) is 9.59 Å². The molecule has 0 radical (unpaired) electrons. The Labute approximate surface area is 192 Å². The fourth-order valence-corrected chi connectivity index (χ4v) is 2.94. The SMILES string of the molecule is CCOc1ccc(N(Cl)C(=O)C(N=Nc2c(OC)cccc2OC)C(C)=O)cc1OCC. The third-order valence-electron chi connectivity index (χ3n) is 4.24. The highest BCUT2D eigenvalue weighted by Gasteiger charge is 2.29. The van der Waals surface area contributed by atoms with Crippen molar-refractivity contribution in [2.75, 3.05) is 31.9 Å². The molecule has 0 aliphatic carbocycles. The molecule has 0 aliphatic heterocycles. The minimum Gasteiger partial charge on any atom is -0.494 e. The quantitative estimate of drug-likeness (QED) is 0.271. The van der Waals surface area contributed by atoms with E-state index >= 15 is 0 Å². The molecule has 0 N–H and O–H groups in total. The van der Waals surface area contributed by atoms with Crippen LogP contribution in [0.4, 0.5) is 11.4 Å². The molecule has 0 heterocycles. The van der Waals surface area contributed by atoms with Crippen molar-refractivity contribution in [1.29, 1.82) is 0 Å². The Kier molecular flexibility index (Phi) is 9.27. The number of Topliss-reactive ketones (excluding diaryl/α,β-unsaturated/α-hetero) is 1. The molecule has 1 atom stereocenters. The molecule has 2 aromatic rings. The van der Waals surface area contributed by atoms with Crippen LogP contribution in [0, 0.1) is 0 Å². The number of anilines is 1. The van der Waals surface area contributed by atoms with Gasteiger partial charge in [0.2, 0.25) is 6.04 Å². The summed E-state index contributed by atoms with van der Waals surface area (Å²) in [6.45, 7) is 5.74. The van der Waals surface area contributed by atoms with E-state index in [1.54, 1.807) is 36.4 Å². The van der Waals surface area contributed by atoms with Crippen LogP contribution in [0.3, 0.4) is 0 Å². The minimum atomic E-state index is -1.47. The number of ketones is 1. The highest BCUT2D eigenvalue weighted by molar-refractivity contribution is 6.39. The van der Waals surface area contributed by atoms with E-state index < -0.39 is 17.7 Å². The molecular formula is C22H26ClN3O6. The molecule has 0 aromatic heterocycles. The number of ether oxygens (including phenoxy) is 4. The average Bonchev–Trinajstić information content (AvgIpc) is 2.79. The zero-order chi connectivity index (χ0) is 23.7. The summed E-state index contributed by atoms with van der Waals surface area (Å²) in [4.78, 5) is 25.2. The van der Waals surface area contributed by atoms with Crippen LogP contribution in [0.2, 0.25) is 0 Å². The Balaban J connectivity index is 2.36. The number of carbonyl (C=O) groups excluding carboxylic acids is 2. The number of amides is 1. The molecule has 1 unspecified atom stereocenters. The van der Waals surface area contributed by atoms with Gasteiger partial charge < -0.3 is 18.9 Å². The lowest BCUT2D eigenvalue weighted by atomic mass is 10.2. The maximum Gasteiger partial charge on any atom is 0.276 e. The van der Waals surface area contributed by atoms with Crippen LogP contribution in [-0.2, 0) is 9.59 Å². The molecule has 0 aliphatic rings. The molecule has 1 amide bonds.